The Morgan fingerprint density at radius 1 is 1.53 bits per heavy atom. The van der Waals surface area contributed by atoms with Gasteiger partial charge in [-0.3, -0.25) is 4.98 Å². The number of halogens is 1. The number of nitrogens with two attached hydrogens (primary N) is 1. The molecule has 0 saturated heterocycles. The number of hydrogen-bond acceptors (Lipinski definition) is 5. The summed E-state index contributed by atoms with van der Waals surface area (Å²) in [4.78, 5) is 8.32. The van der Waals surface area contributed by atoms with Gasteiger partial charge in [0.1, 0.15) is 5.69 Å². The highest BCUT2D eigenvalue weighted by molar-refractivity contribution is 6.32. The fourth-order valence-corrected chi connectivity index (χ4v) is 1.67. The second-order valence-corrected chi connectivity index (χ2v) is 4.09. The summed E-state index contributed by atoms with van der Waals surface area (Å²) in [5.41, 5.74) is 6.39. The van der Waals surface area contributed by atoms with Crippen LogP contribution in [0, 0.1) is 0 Å². The minimum Gasteiger partial charge on any atom is -0.337 e. The van der Waals surface area contributed by atoms with E-state index in [2.05, 4.69) is 15.1 Å². The summed E-state index contributed by atoms with van der Waals surface area (Å²) in [5, 5.41) is 4.33. The molecule has 0 spiro atoms. The number of nitrogens with zero attached hydrogens (tertiary/aromatic N) is 3. The Labute approximate surface area is 104 Å². The van der Waals surface area contributed by atoms with Crippen LogP contribution in [0.3, 0.4) is 0 Å². The van der Waals surface area contributed by atoms with Crippen LogP contribution in [0.4, 0.5) is 0 Å². The van der Waals surface area contributed by atoms with Gasteiger partial charge in [0.25, 0.3) is 0 Å². The minimum atomic E-state index is -0.233. The third-order valence-electron chi connectivity index (χ3n) is 2.33. The van der Waals surface area contributed by atoms with E-state index in [1.807, 2.05) is 6.92 Å². The van der Waals surface area contributed by atoms with Crippen LogP contribution in [-0.2, 0) is 0 Å². The van der Waals surface area contributed by atoms with Crippen LogP contribution in [-0.4, -0.2) is 15.1 Å². The first-order chi connectivity index (χ1) is 8.22. The maximum Gasteiger partial charge on any atom is 0.243 e. The number of pyridine rings is 1. The maximum atomic E-state index is 5.99. The Morgan fingerprint density at radius 3 is 3.06 bits per heavy atom. The molecule has 0 radical (unpaired) electrons. The van der Waals surface area contributed by atoms with Crippen LogP contribution in [0.5, 0.6) is 0 Å². The molecule has 0 bridgehead atoms. The first-order valence-electron chi connectivity index (χ1n) is 5.42. The highest BCUT2D eigenvalue weighted by atomic mass is 35.5. The van der Waals surface area contributed by atoms with Gasteiger partial charge < -0.3 is 10.3 Å². The highest BCUT2D eigenvalue weighted by Crippen LogP contribution is 2.24. The van der Waals surface area contributed by atoms with Gasteiger partial charge in [-0.2, -0.15) is 4.98 Å². The van der Waals surface area contributed by atoms with E-state index in [1.165, 1.54) is 0 Å². The van der Waals surface area contributed by atoms with Crippen molar-refractivity contribution < 1.29 is 4.52 Å². The van der Waals surface area contributed by atoms with Gasteiger partial charge in [0.15, 0.2) is 0 Å². The first kappa shape index (κ1) is 12.0. The van der Waals surface area contributed by atoms with Gasteiger partial charge in [-0.15, -0.1) is 0 Å². The average molecular weight is 253 g/mol. The van der Waals surface area contributed by atoms with Gasteiger partial charge in [0.05, 0.1) is 11.1 Å². The number of aromatic nitrogens is 3. The fourth-order valence-electron chi connectivity index (χ4n) is 1.47. The van der Waals surface area contributed by atoms with Crippen LogP contribution in [0.2, 0.25) is 5.02 Å². The first-order valence-corrected chi connectivity index (χ1v) is 5.80. The molecule has 2 N–H and O–H groups in total. The van der Waals surface area contributed by atoms with Crippen molar-refractivity contribution in [2.75, 3.05) is 0 Å². The lowest BCUT2D eigenvalue weighted by Gasteiger charge is -2.02. The summed E-state index contributed by atoms with van der Waals surface area (Å²) in [6.07, 6.45) is 3.39. The molecule has 5 nitrogen and oxygen atoms in total. The van der Waals surface area contributed by atoms with Crippen molar-refractivity contribution in [2.24, 2.45) is 5.73 Å². The molecule has 6 heteroatoms. The summed E-state index contributed by atoms with van der Waals surface area (Å²) in [6, 6.07) is 3.24. The molecular formula is C11H13ClN4O. The average Bonchev–Trinajstić information content (AvgIpc) is 2.79. The fraction of sp³-hybridized carbons (Fsp3) is 0.364. The van der Waals surface area contributed by atoms with Gasteiger partial charge in [0.2, 0.25) is 11.7 Å². The van der Waals surface area contributed by atoms with E-state index in [1.54, 1.807) is 18.3 Å². The summed E-state index contributed by atoms with van der Waals surface area (Å²) < 4.78 is 5.10. The van der Waals surface area contributed by atoms with Crippen LogP contribution < -0.4 is 5.73 Å². The van der Waals surface area contributed by atoms with Crippen molar-refractivity contribution >= 4 is 11.6 Å². The molecule has 0 fully saturated rings. The zero-order valence-corrected chi connectivity index (χ0v) is 10.2. The van der Waals surface area contributed by atoms with E-state index in [-0.39, 0.29) is 6.04 Å². The van der Waals surface area contributed by atoms with Crippen molar-refractivity contribution in [2.45, 2.75) is 25.8 Å². The van der Waals surface area contributed by atoms with Gasteiger partial charge in [0, 0.05) is 6.20 Å². The number of rotatable bonds is 4. The van der Waals surface area contributed by atoms with Crippen molar-refractivity contribution in [3.8, 4) is 11.5 Å². The lowest BCUT2D eigenvalue weighted by Crippen LogP contribution is -2.09. The molecule has 2 heterocycles. The predicted molar refractivity (Wildman–Crippen MR) is 64.4 cm³/mol. The third kappa shape index (κ3) is 2.62. The summed E-state index contributed by atoms with van der Waals surface area (Å²) >= 11 is 5.99. The van der Waals surface area contributed by atoms with E-state index in [4.69, 9.17) is 21.9 Å². The van der Waals surface area contributed by atoms with E-state index in [9.17, 15) is 0 Å². The quantitative estimate of drug-likeness (QED) is 0.905. The molecule has 90 valence electrons. The zero-order valence-electron chi connectivity index (χ0n) is 9.43. The van der Waals surface area contributed by atoms with Crippen molar-refractivity contribution in [1.82, 2.24) is 15.1 Å². The van der Waals surface area contributed by atoms with Gasteiger partial charge >= 0.3 is 0 Å². The largest absolute Gasteiger partial charge is 0.337 e. The lowest BCUT2D eigenvalue weighted by atomic mass is 10.2. The summed E-state index contributed by atoms with van der Waals surface area (Å²) in [7, 11) is 0. The van der Waals surface area contributed by atoms with Gasteiger partial charge in [-0.25, -0.2) is 0 Å². The second-order valence-electron chi connectivity index (χ2n) is 3.69. The standard InChI is InChI=1S/C11H13ClN4O/c1-2-4-8(13)11-15-10(16-17-11)9-7(12)5-3-6-14-9/h3,5-6,8H,2,4,13H2,1H3/t8-/m0/s1. The highest BCUT2D eigenvalue weighted by Gasteiger charge is 2.16. The third-order valence-corrected chi connectivity index (χ3v) is 2.63. The second kappa shape index (κ2) is 5.25. The van der Waals surface area contributed by atoms with Gasteiger partial charge in [-0.1, -0.05) is 30.1 Å². The molecule has 0 saturated carbocycles. The smallest absolute Gasteiger partial charge is 0.243 e. The number of hydrogen-bond donors (Lipinski definition) is 1. The molecule has 2 aromatic heterocycles. The Bertz CT molecular complexity index is 500. The Hall–Kier alpha value is -1.46. The van der Waals surface area contributed by atoms with Crippen LogP contribution in [0.25, 0.3) is 11.5 Å². The van der Waals surface area contributed by atoms with E-state index in [0.29, 0.717) is 22.4 Å². The Balaban J connectivity index is 2.27. The van der Waals surface area contributed by atoms with Crippen molar-refractivity contribution in [3.05, 3.63) is 29.2 Å². The minimum absolute atomic E-state index is 0.233. The maximum absolute atomic E-state index is 5.99. The molecule has 0 aromatic carbocycles. The Kier molecular flexibility index (Phi) is 3.71. The van der Waals surface area contributed by atoms with E-state index < -0.39 is 0 Å². The zero-order chi connectivity index (χ0) is 12.3. The molecule has 0 aliphatic heterocycles. The molecule has 0 unspecified atom stereocenters. The van der Waals surface area contributed by atoms with Crippen LogP contribution in [0.1, 0.15) is 31.7 Å². The topological polar surface area (TPSA) is 77.8 Å². The van der Waals surface area contributed by atoms with E-state index >= 15 is 0 Å². The van der Waals surface area contributed by atoms with Gasteiger partial charge in [-0.05, 0) is 18.6 Å². The molecular weight excluding hydrogens is 240 g/mol. The molecule has 17 heavy (non-hydrogen) atoms. The summed E-state index contributed by atoms with van der Waals surface area (Å²) in [5.74, 6) is 0.792. The molecule has 1 atom stereocenters. The molecule has 0 aliphatic carbocycles. The van der Waals surface area contributed by atoms with Crippen molar-refractivity contribution in [3.63, 3.8) is 0 Å². The Morgan fingerprint density at radius 2 is 2.35 bits per heavy atom. The van der Waals surface area contributed by atoms with E-state index in [0.717, 1.165) is 12.8 Å². The predicted octanol–water partition coefficient (Wildman–Crippen LogP) is 2.58. The lowest BCUT2D eigenvalue weighted by molar-refractivity contribution is 0.348. The molecule has 0 amide bonds. The summed E-state index contributed by atoms with van der Waals surface area (Å²) in [6.45, 7) is 2.05. The molecule has 2 rings (SSSR count). The SMILES string of the molecule is CCC[C@H](N)c1nc(-c2ncccc2Cl)no1. The van der Waals surface area contributed by atoms with Crippen LogP contribution >= 0.6 is 11.6 Å². The molecule has 2 aromatic rings. The normalized spacial score (nSPS) is 12.6. The monoisotopic (exact) mass is 252 g/mol. The van der Waals surface area contributed by atoms with Crippen molar-refractivity contribution in [1.29, 1.82) is 0 Å². The van der Waals surface area contributed by atoms with Crippen LogP contribution in [0.15, 0.2) is 22.9 Å². The molecule has 0 aliphatic rings.